The molecule has 0 bridgehead atoms. The van der Waals surface area contributed by atoms with E-state index in [0.29, 0.717) is 23.0 Å². The van der Waals surface area contributed by atoms with Crippen molar-refractivity contribution in [3.63, 3.8) is 0 Å². The number of halogens is 2. The Morgan fingerprint density at radius 3 is 1.09 bits per heavy atom. The second-order valence-electron chi connectivity index (χ2n) is 14.3. The summed E-state index contributed by atoms with van der Waals surface area (Å²) in [7, 11) is -4.49. The number of rotatable bonds is 16. The van der Waals surface area contributed by atoms with E-state index < -0.39 is 22.6 Å². The number of phosphoric acid groups is 2. The van der Waals surface area contributed by atoms with E-state index in [2.05, 4.69) is 36.1 Å². The first kappa shape index (κ1) is 57.9. The van der Waals surface area contributed by atoms with Crippen molar-refractivity contribution < 1.29 is 50.3 Å². The molecule has 0 amide bonds. The summed E-state index contributed by atoms with van der Waals surface area (Å²) in [4.78, 5) is 11.6. The molecule has 18 heteroatoms. The SMILES string of the molecule is CC#N.CC(C)=C(Cl)N(C)Cc1ccc(C)cc1.COP(=O)(Oc1ccccc1)Oc1ccccc1.O=P(Cl)(Oc1ccccc1)Oc1ccccc1.O=P(O)(Oc1ccccc1)Oc1ccccc1. The van der Waals surface area contributed by atoms with E-state index >= 15 is 0 Å². The van der Waals surface area contributed by atoms with Gasteiger partial charge in [-0.05, 0) is 105 Å². The third-order valence-corrected chi connectivity index (χ3v) is 12.4. The van der Waals surface area contributed by atoms with Gasteiger partial charge in [0.25, 0.3) is 0 Å². The molecule has 0 radical (unpaired) electrons. The van der Waals surface area contributed by atoms with Gasteiger partial charge in [0.1, 0.15) is 39.7 Å². The average Bonchev–Trinajstić information content (AvgIpc) is 3.34. The number of benzene rings is 7. The minimum absolute atomic E-state index is 0.286. The largest absolute Gasteiger partial charge is 0.587 e. The van der Waals surface area contributed by atoms with Crippen LogP contribution in [0.5, 0.6) is 34.5 Å². The summed E-state index contributed by atoms with van der Waals surface area (Å²) < 4.78 is 71.2. The zero-order chi connectivity index (χ0) is 51.3. The first-order valence-corrected chi connectivity index (χ1v) is 26.9. The fourth-order valence-electron chi connectivity index (χ4n) is 5.21. The molecule has 13 nitrogen and oxygen atoms in total. The molecular weight excluding hydrogens is 992 g/mol. The summed E-state index contributed by atoms with van der Waals surface area (Å²) in [6.07, 6.45) is 0. The molecule has 7 aromatic rings. The van der Waals surface area contributed by atoms with Crippen LogP contribution >= 0.6 is 45.4 Å². The van der Waals surface area contributed by atoms with Crippen LogP contribution in [0.3, 0.4) is 0 Å². The number of allylic oxidation sites excluding steroid dienone is 1. The van der Waals surface area contributed by atoms with Gasteiger partial charge in [-0.2, -0.15) is 5.26 Å². The summed E-state index contributed by atoms with van der Waals surface area (Å²) in [5.74, 6) is 2.24. The van der Waals surface area contributed by atoms with Crippen molar-refractivity contribution in [2.24, 2.45) is 0 Å². The predicted octanol–water partition coefficient (Wildman–Crippen LogP) is 16.1. The van der Waals surface area contributed by atoms with Gasteiger partial charge in [0.05, 0.1) is 6.07 Å². The van der Waals surface area contributed by atoms with Crippen LogP contribution in [0.4, 0.5) is 0 Å². The van der Waals surface area contributed by atoms with Crippen molar-refractivity contribution in [2.45, 2.75) is 34.2 Å². The molecule has 0 aromatic heterocycles. The second kappa shape index (κ2) is 30.9. The van der Waals surface area contributed by atoms with Crippen molar-refractivity contribution >= 4 is 45.4 Å². The summed E-state index contributed by atoms with van der Waals surface area (Å²) >= 11 is 11.9. The van der Waals surface area contributed by atoms with Crippen LogP contribution in [-0.4, -0.2) is 24.0 Å². The third-order valence-electron chi connectivity index (χ3n) is 8.28. The van der Waals surface area contributed by atoms with E-state index in [1.54, 1.807) is 164 Å². The number of hydrogen-bond acceptors (Lipinski definition) is 12. The van der Waals surface area contributed by atoms with E-state index in [0.717, 1.165) is 17.3 Å². The normalized spacial score (nSPS) is 10.3. The van der Waals surface area contributed by atoms with E-state index in [4.69, 9.17) is 59.8 Å². The van der Waals surface area contributed by atoms with Gasteiger partial charge in [-0.1, -0.05) is 151 Å². The molecule has 368 valence electrons. The smallest absolute Gasteiger partial charge is 0.405 e. The molecule has 0 aliphatic rings. The minimum Gasteiger partial charge on any atom is -0.405 e. The molecule has 0 saturated heterocycles. The molecule has 7 rings (SSSR count). The first-order valence-electron chi connectivity index (χ1n) is 21.1. The molecule has 0 atom stereocenters. The Labute approximate surface area is 420 Å². The molecule has 1 N–H and O–H groups in total. The second-order valence-corrected chi connectivity index (χ2v) is 20.1. The maximum absolute atomic E-state index is 12.3. The van der Waals surface area contributed by atoms with Gasteiger partial charge in [-0.25, -0.2) is 13.7 Å². The van der Waals surface area contributed by atoms with Crippen LogP contribution in [0.2, 0.25) is 0 Å². The molecule has 0 aliphatic carbocycles. The van der Waals surface area contributed by atoms with E-state index in [1.165, 1.54) is 25.2 Å². The Balaban J connectivity index is 0.000000242. The minimum atomic E-state index is -4.14. The number of aryl methyl sites for hydroxylation is 1. The maximum Gasteiger partial charge on any atom is 0.587 e. The summed E-state index contributed by atoms with van der Waals surface area (Å²) in [5.41, 5.74) is 3.71. The molecular formula is C52H55Cl2N2O11P3. The van der Waals surface area contributed by atoms with E-state index in [-0.39, 0.29) is 11.5 Å². The first-order chi connectivity index (χ1) is 33.4. The summed E-state index contributed by atoms with van der Waals surface area (Å²) in [6, 6.07) is 61.8. The maximum atomic E-state index is 12.3. The molecule has 7 aromatic carbocycles. The Bertz CT molecular complexity index is 2520. The van der Waals surface area contributed by atoms with E-state index in [1.807, 2.05) is 45.2 Å². The van der Waals surface area contributed by atoms with Gasteiger partial charge < -0.3 is 32.0 Å². The van der Waals surface area contributed by atoms with E-state index in [9.17, 15) is 18.6 Å². The standard InChI is InChI=1S/C13H18ClN.C13H13O4P.C12H10ClO3P.C12H11O4P.C2H3N/c1-10(2)13(14)15(4)9-12-7-5-11(3)6-8-12;1-15-18(14,16-12-8-4-2-5-9-12)17-13-10-6-3-7-11-13;2*13-17(14,15-11-7-3-1-4-8-11)16-12-9-5-2-6-10-12;1-2-3/h5-8H,9H2,1-4H3;2-11H,1H3;1-10H;1-10H,(H,13,14);1H3. The van der Waals surface area contributed by atoms with Gasteiger partial charge in [-0.15, -0.1) is 0 Å². The van der Waals surface area contributed by atoms with Crippen molar-refractivity contribution in [3.8, 4) is 40.6 Å². The Morgan fingerprint density at radius 1 is 0.543 bits per heavy atom. The van der Waals surface area contributed by atoms with Crippen LogP contribution in [0.15, 0.2) is 217 Å². The fourth-order valence-corrected chi connectivity index (χ4v) is 8.30. The van der Waals surface area contributed by atoms with Crippen molar-refractivity contribution in [1.82, 2.24) is 4.90 Å². The Morgan fingerprint density at radius 2 is 0.814 bits per heavy atom. The zero-order valence-corrected chi connectivity index (χ0v) is 43.6. The number of nitrogens with zero attached hydrogens (tertiary/aromatic N) is 2. The molecule has 0 unspecified atom stereocenters. The molecule has 0 heterocycles. The molecule has 0 aliphatic heterocycles. The molecule has 70 heavy (non-hydrogen) atoms. The topological polar surface area (TPSA) is 163 Å². The lowest BCUT2D eigenvalue weighted by Gasteiger charge is -2.19. The fraction of sp³-hybridized carbons (Fsp3) is 0.135. The van der Waals surface area contributed by atoms with Crippen LogP contribution in [-0.2, 0) is 24.8 Å². The number of phosphoric ester groups is 2. The summed E-state index contributed by atoms with van der Waals surface area (Å²) in [5, 5.41) is 8.15. The van der Waals surface area contributed by atoms with Gasteiger partial charge in [0.2, 0.25) is 0 Å². The lowest BCUT2D eigenvalue weighted by Crippen LogP contribution is -2.14. The van der Waals surface area contributed by atoms with Gasteiger partial charge in [0, 0.05) is 38.9 Å². The predicted molar refractivity (Wildman–Crippen MR) is 278 cm³/mol. The highest BCUT2D eigenvalue weighted by Gasteiger charge is 2.29. The monoisotopic (exact) mass is 1050 g/mol. The molecule has 0 fully saturated rings. The van der Waals surface area contributed by atoms with Gasteiger partial charge in [0.15, 0.2) is 0 Å². The van der Waals surface area contributed by atoms with Crippen molar-refractivity contribution in [2.75, 3.05) is 14.2 Å². The van der Waals surface area contributed by atoms with Crippen molar-refractivity contribution in [1.29, 1.82) is 5.26 Å². The Hall–Kier alpha value is -6.44. The Kier molecular flexibility index (Phi) is 25.6. The van der Waals surface area contributed by atoms with Gasteiger partial charge >= 0.3 is 22.6 Å². The van der Waals surface area contributed by atoms with Crippen LogP contribution in [0.25, 0.3) is 0 Å². The quantitative estimate of drug-likeness (QED) is 0.0719. The molecule has 0 spiro atoms. The third kappa shape index (κ3) is 24.2. The van der Waals surface area contributed by atoms with Crippen LogP contribution < -0.4 is 27.1 Å². The molecule has 0 saturated carbocycles. The number of para-hydroxylation sites is 6. The highest BCUT2D eigenvalue weighted by Crippen LogP contribution is 2.53. The highest BCUT2D eigenvalue weighted by atomic mass is 35.7. The van der Waals surface area contributed by atoms with Gasteiger partial charge in [-0.3, -0.25) is 9.42 Å². The van der Waals surface area contributed by atoms with Crippen molar-refractivity contribution in [3.05, 3.63) is 228 Å². The average molecular weight is 1050 g/mol. The lowest BCUT2D eigenvalue weighted by atomic mass is 10.1. The summed E-state index contributed by atoms with van der Waals surface area (Å²) in [6.45, 7) is 4.76. The number of hydrogen-bond donors (Lipinski definition) is 1. The lowest BCUT2D eigenvalue weighted by molar-refractivity contribution is 0.250. The van der Waals surface area contributed by atoms with Crippen LogP contribution in [0, 0.1) is 18.3 Å². The zero-order valence-electron chi connectivity index (χ0n) is 39.4. The highest BCUT2D eigenvalue weighted by molar-refractivity contribution is 7.82. The van der Waals surface area contributed by atoms with Crippen LogP contribution in [0.1, 0.15) is 31.9 Å². The number of nitriles is 1.